The quantitative estimate of drug-likeness (QED) is 0.700. The smallest absolute Gasteiger partial charge is 0.0642 e. The predicted octanol–water partition coefficient (Wildman–Crippen LogP) is 5.11. The van der Waals surface area contributed by atoms with Crippen molar-refractivity contribution in [3.8, 4) is 0 Å². The van der Waals surface area contributed by atoms with Crippen molar-refractivity contribution in [2.24, 2.45) is 5.41 Å². The van der Waals surface area contributed by atoms with Crippen LogP contribution in [0.2, 0.25) is 5.02 Å². The molecule has 17 heavy (non-hydrogen) atoms. The molecule has 0 fully saturated rings. The summed E-state index contributed by atoms with van der Waals surface area (Å²) in [5, 5.41) is 1.64. The second kappa shape index (κ2) is 5.62. The third-order valence-electron chi connectivity index (χ3n) is 3.40. The summed E-state index contributed by atoms with van der Waals surface area (Å²) >= 11 is 9.86. The lowest BCUT2D eigenvalue weighted by Gasteiger charge is -2.38. The van der Waals surface area contributed by atoms with Gasteiger partial charge in [0.25, 0.3) is 0 Å². The molecule has 1 aromatic rings. The predicted molar refractivity (Wildman–Crippen MR) is 81.4 cm³/mol. The average molecular weight is 319 g/mol. The molecule has 0 radical (unpaired) electrons. The Hall–Kier alpha value is -0.210. The molecule has 96 valence electrons. The van der Waals surface area contributed by atoms with Crippen LogP contribution in [0.4, 0.5) is 5.69 Å². The van der Waals surface area contributed by atoms with Crippen LogP contribution in [0.1, 0.15) is 33.3 Å². The number of hydrogen-bond donors (Lipinski definition) is 0. The minimum Gasteiger partial charge on any atom is -0.370 e. The summed E-state index contributed by atoms with van der Waals surface area (Å²) in [4.78, 5) is 2.28. The van der Waals surface area contributed by atoms with Gasteiger partial charge in [0.2, 0.25) is 0 Å². The van der Waals surface area contributed by atoms with E-state index in [2.05, 4.69) is 61.6 Å². The first-order valence-corrected chi connectivity index (χ1v) is 7.35. The van der Waals surface area contributed by atoms with Gasteiger partial charge in [-0.25, -0.2) is 0 Å². The Morgan fingerprint density at radius 2 is 1.94 bits per heavy atom. The van der Waals surface area contributed by atoms with Crippen LogP contribution in [0.25, 0.3) is 0 Å². The third kappa shape index (κ3) is 3.38. The molecular weight excluding hydrogens is 298 g/mol. The Kier molecular flexibility index (Phi) is 4.91. The van der Waals surface area contributed by atoms with Gasteiger partial charge in [0.15, 0.2) is 0 Å². The molecule has 1 nitrogen and oxygen atoms in total. The summed E-state index contributed by atoms with van der Waals surface area (Å²) in [5.74, 6) is 0. The number of anilines is 1. The van der Waals surface area contributed by atoms with Crippen LogP contribution in [-0.4, -0.2) is 13.1 Å². The third-order valence-corrected chi connectivity index (χ3v) is 4.31. The Morgan fingerprint density at radius 3 is 2.41 bits per heavy atom. The van der Waals surface area contributed by atoms with Crippen LogP contribution in [0.5, 0.6) is 0 Å². The lowest BCUT2D eigenvalue weighted by Crippen LogP contribution is -2.39. The van der Waals surface area contributed by atoms with Gasteiger partial charge in [0.1, 0.15) is 0 Å². The Labute approximate surface area is 118 Å². The molecule has 1 atom stereocenters. The first-order chi connectivity index (χ1) is 7.79. The van der Waals surface area contributed by atoms with Gasteiger partial charge in [-0.1, -0.05) is 60.4 Å². The van der Waals surface area contributed by atoms with Crippen LogP contribution in [0, 0.1) is 5.41 Å². The number of benzene rings is 1. The van der Waals surface area contributed by atoms with Crippen molar-refractivity contribution in [3.63, 3.8) is 0 Å². The Morgan fingerprint density at radius 1 is 1.35 bits per heavy atom. The minimum absolute atomic E-state index is 0.220. The molecule has 1 aromatic carbocycles. The molecule has 0 N–H and O–H groups in total. The number of alkyl halides is 1. The van der Waals surface area contributed by atoms with E-state index in [0.29, 0.717) is 6.04 Å². The highest BCUT2D eigenvalue weighted by Gasteiger charge is 2.26. The van der Waals surface area contributed by atoms with Gasteiger partial charge in [-0.2, -0.15) is 0 Å². The van der Waals surface area contributed by atoms with Crippen molar-refractivity contribution in [1.82, 2.24) is 0 Å². The summed E-state index contributed by atoms with van der Waals surface area (Å²) in [6.07, 6.45) is 0. The molecule has 0 heterocycles. The first kappa shape index (κ1) is 14.8. The molecular formula is C14H21BrClN. The van der Waals surface area contributed by atoms with Gasteiger partial charge < -0.3 is 4.90 Å². The van der Waals surface area contributed by atoms with Gasteiger partial charge >= 0.3 is 0 Å². The van der Waals surface area contributed by atoms with Crippen LogP contribution < -0.4 is 4.90 Å². The molecule has 1 unspecified atom stereocenters. The normalized spacial score (nSPS) is 13.6. The maximum absolute atomic E-state index is 6.33. The fourth-order valence-electron chi connectivity index (χ4n) is 1.84. The number of halogens is 2. The van der Waals surface area contributed by atoms with Crippen molar-refractivity contribution in [2.45, 2.75) is 39.1 Å². The molecule has 0 saturated carbocycles. The second-order valence-electron chi connectivity index (χ2n) is 5.53. The van der Waals surface area contributed by atoms with Crippen molar-refractivity contribution < 1.29 is 0 Å². The summed E-state index contributed by atoms with van der Waals surface area (Å²) in [6.45, 7) is 8.98. The first-order valence-electron chi connectivity index (χ1n) is 5.85. The molecule has 0 bridgehead atoms. The van der Waals surface area contributed by atoms with Crippen molar-refractivity contribution in [3.05, 3.63) is 28.8 Å². The zero-order valence-electron chi connectivity index (χ0n) is 11.2. The number of para-hydroxylation sites is 1. The Bertz CT molecular complexity index is 384. The van der Waals surface area contributed by atoms with Gasteiger partial charge in [-0.15, -0.1) is 0 Å². The standard InChI is InChI=1S/C14H21BrClN/c1-10(14(2,3)4)17(5)13-11(9-15)7-6-8-12(13)16/h6-8,10H,9H2,1-5H3. The lowest BCUT2D eigenvalue weighted by atomic mass is 9.86. The summed E-state index contributed by atoms with van der Waals surface area (Å²) in [5.41, 5.74) is 2.59. The molecule has 0 aromatic heterocycles. The maximum Gasteiger partial charge on any atom is 0.0642 e. The molecule has 0 aliphatic heterocycles. The fraction of sp³-hybridized carbons (Fsp3) is 0.571. The van der Waals surface area contributed by atoms with E-state index in [-0.39, 0.29) is 5.41 Å². The van der Waals surface area contributed by atoms with Crippen LogP contribution >= 0.6 is 27.5 Å². The minimum atomic E-state index is 0.220. The van der Waals surface area contributed by atoms with Crippen LogP contribution in [0.15, 0.2) is 18.2 Å². The van der Waals surface area contributed by atoms with E-state index in [9.17, 15) is 0 Å². The average Bonchev–Trinajstić information content (AvgIpc) is 2.25. The zero-order valence-corrected chi connectivity index (χ0v) is 13.6. The van der Waals surface area contributed by atoms with E-state index in [0.717, 1.165) is 16.0 Å². The highest BCUT2D eigenvalue weighted by Crippen LogP contribution is 2.35. The summed E-state index contributed by atoms with van der Waals surface area (Å²) < 4.78 is 0. The lowest BCUT2D eigenvalue weighted by molar-refractivity contribution is 0.329. The number of nitrogens with zero attached hydrogens (tertiary/aromatic N) is 1. The molecule has 1 rings (SSSR count). The highest BCUT2D eigenvalue weighted by atomic mass is 79.9. The molecule has 0 aliphatic rings. The summed E-state index contributed by atoms with van der Waals surface area (Å²) in [6, 6.07) is 6.48. The largest absolute Gasteiger partial charge is 0.370 e. The molecule has 0 saturated heterocycles. The number of hydrogen-bond acceptors (Lipinski definition) is 1. The second-order valence-corrected chi connectivity index (χ2v) is 6.50. The van der Waals surface area contributed by atoms with Crippen molar-refractivity contribution >= 4 is 33.2 Å². The van der Waals surface area contributed by atoms with Gasteiger partial charge in [0.05, 0.1) is 10.7 Å². The SMILES string of the molecule is CC(N(C)c1c(Cl)cccc1CBr)C(C)(C)C. The van der Waals surface area contributed by atoms with E-state index in [4.69, 9.17) is 11.6 Å². The molecule has 0 aliphatic carbocycles. The monoisotopic (exact) mass is 317 g/mol. The van der Waals surface area contributed by atoms with E-state index in [1.807, 2.05) is 12.1 Å². The van der Waals surface area contributed by atoms with E-state index < -0.39 is 0 Å². The van der Waals surface area contributed by atoms with Crippen LogP contribution in [0.3, 0.4) is 0 Å². The number of rotatable bonds is 3. The van der Waals surface area contributed by atoms with Gasteiger partial charge in [-0.05, 0) is 24.0 Å². The van der Waals surface area contributed by atoms with E-state index >= 15 is 0 Å². The highest BCUT2D eigenvalue weighted by molar-refractivity contribution is 9.08. The molecule has 0 spiro atoms. The van der Waals surface area contributed by atoms with E-state index in [1.54, 1.807) is 0 Å². The molecule has 0 amide bonds. The van der Waals surface area contributed by atoms with Gasteiger partial charge in [-0.3, -0.25) is 0 Å². The maximum atomic E-state index is 6.33. The van der Waals surface area contributed by atoms with Crippen LogP contribution in [-0.2, 0) is 5.33 Å². The fourth-order valence-corrected chi connectivity index (χ4v) is 2.62. The van der Waals surface area contributed by atoms with Gasteiger partial charge in [0, 0.05) is 18.4 Å². The topological polar surface area (TPSA) is 3.24 Å². The van der Waals surface area contributed by atoms with E-state index in [1.165, 1.54) is 5.56 Å². The van der Waals surface area contributed by atoms with Crippen molar-refractivity contribution in [2.75, 3.05) is 11.9 Å². The Balaban J connectivity index is 3.16. The van der Waals surface area contributed by atoms with Crippen molar-refractivity contribution in [1.29, 1.82) is 0 Å². The molecule has 3 heteroatoms. The zero-order chi connectivity index (χ0) is 13.2. The summed E-state index contributed by atoms with van der Waals surface area (Å²) in [7, 11) is 2.11.